The summed E-state index contributed by atoms with van der Waals surface area (Å²) in [6.07, 6.45) is 1.70. The van der Waals surface area contributed by atoms with Crippen LogP contribution in [0.3, 0.4) is 0 Å². The standard InChI is InChI=1S/C20H18BrClN2O3/c1-3-4-9-24-19(25)15-8-6-5-7-14(15)17(23-24)20(26)27-18-12(2)10-13(21)11-16(18)22/h5-8,10-11H,3-4,9H2,1-2H3. The van der Waals surface area contributed by atoms with E-state index in [2.05, 4.69) is 21.0 Å². The van der Waals surface area contributed by atoms with E-state index in [0.29, 0.717) is 27.9 Å². The minimum atomic E-state index is -0.649. The van der Waals surface area contributed by atoms with Crippen LogP contribution in [0.2, 0.25) is 5.02 Å². The van der Waals surface area contributed by atoms with Crippen molar-refractivity contribution in [2.24, 2.45) is 0 Å². The Bertz CT molecular complexity index is 1060. The van der Waals surface area contributed by atoms with Crippen LogP contribution < -0.4 is 10.3 Å². The van der Waals surface area contributed by atoms with E-state index in [1.54, 1.807) is 37.3 Å². The number of carbonyl (C=O) groups excluding carboxylic acids is 1. The third-order valence-electron chi connectivity index (χ3n) is 4.17. The van der Waals surface area contributed by atoms with Gasteiger partial charge in [0, 0.05) is 16.4 Å². The summed E-state index contributed by atoms with van der Waals surface area (Å²) in [6, 6.07) is 10.4. The van der Waals surface area contributed by atoms with Gasteiger partial charge in [-0.1, -0.05) is 59.1 Å². The van der Waals surface area contributed by atoms with Crippen molar-refractivity contribution < 1.29 is 9.53 Å². The van der Waals surface area contributed by atoms with Crippen LogP contribution in [0, 0.1) is 6.92 Å². The summed E-state index contributed by atoms with van der Waals surface area (Å²) >= 11 is 9.58. The molecule has 0 spiro atoms. The molecule has 0 saturated carbocycles. The summed E-state index contributed by atoms with van der Waals surface area (Å²) in [5.41, 5.74) is 0.597. The van der Waals surface area contributed by atoms with Crippen LogP contribution in [-0.4, -0.2) is 15.7 Å². The Balaban J connectivity index is 2.09. The van der Waals surface area contributed by atoms with E-state index in [1.165, 1.54) is 4.68 Å². The summed E-state index contributed by atoms with van der Waals surface area (Å²) in [5, 5.41) is 5.51. The molecule has 0 saturated heterocycles. The molecule has 7 heteroatoms. The number of rotatable bonds is 5. The van der Waals surface area contributed by atoms with E-state index in [0.717, 1.165) is 17.3 Å². The van der Waals surface area contributed by atoms with Crippen molar-refractivity contribution in [3.63, 3.8) is 0 Å². The average molecular weight is 450 g/mol. The summed E-state index contributed by atoms with van der Waals surface area (Å²) in [4.78, 5) is 25.5. The smallest absolute Gasteiger partial charge is 0.364 e. The topological polar surface area (TPSA) is 61.2 Å². The third-order valence-corrected chi connectivity index (χ3v) is 4.91. The molecule has 2 aromatic carbocycles. The number of aryl methyl sites for hydroxylation is 2. The molecular formula is C20H18BrClN2O3. The van der Waals surface area contributed by atoms with E-state index >= 15 is 0 Å². The van der Waals surface area contributed by atoms with Crippen LogP contribution in [0.5, 0.6) is 5.75 Å². The number of hydrogen-bond donors (Lipinski definition) is 0. The maximum Gasteiger partial charge on any atom is 0.364 e. The van der Waals surface area contributed by atoms with Crippen LogP contribution in [0.15, 0.2) is 45.7 Å². The molecule has 0 amide bonds. The highest BCUT2D eigenvalue weighted by Gasteiger charge is 2.20. The molecule has 3 rings (SSSR count). The first-order valence-electron chi connectivity index (χ1n) is 8.60. The Morgan fingerprint density at radius 3 is 2.63 bits per heavy atom. The molecule has 0 aliphatic carbocycles. The number of hydrogen-bond acceptors (Lipinski definition) is 4. The lowest BCUT2D eigenvalue weighted by Gasteiger charge is -2.12. The first kappa shape index (κ1) is 19.6. The highest BCUT2D eigenvalue weighted by Crippen LogP contribution is 2.32. The predicted octanol–water partition coefficient (Wildman–Crippen LogP) is 5.14. The molecule has 0 fully saturated rings. The van der Waals surface area contributed by atoms with Gasteiger partial charge in [0.05, 0.1) is 10.4 Å². The highest BCUT2D eigenvalue weighted by atomic mass is 79.9. The maximum absolute atomic E-state index is 12.9. The lowest BCUT2D eigenvalue weighted by Crippen LogP contribution is -2.27. The van der Waals surface area contributed by atoms with Gasteiger partial charge in [0.1, 0.15) is 0 Å². The van der Waals surface area contributed by atoms with Crippen LogP contribution >= 0.6 is 27.5 Å². The van der Waals surface area contributed by atoms with E-state index in [4.69, 9.17) is 16.3 Å². The largest absolute Gasteiger partial charge is 0.420 e. The van der Waals surface area contributed by atoms with E-state index in [1.807, 2.05) is 13.0 Å². The molecule has 0 aliphatic rings. The summed E-state index contributed by atoms with van der Waals surface area (Å²) in [5.74, 6) is -0.370. The molecule has 3 aromatic rings. The van der Waals surface area contributed by atoms with Gasteiger partial charge < -0.3 is 4.74 Å². The molecule has 0 bridgehead atoms. The van der Waals surface area contributed by atoms with Gasteiger partial charge in [-0.2, -0.15) is 5.10 Å². The van der Waals surface area contributed by atoms with Gasteiger partial charge in [-0.25, -0.2) is 9.48 Å². The monoisotopic (exact) mass is 448 g/mol. The third kappa shape index (κ3) is 4.06. The number of nitrogens with zero attached hydrogens (tertiary/aromatic N) is 2. The molecule has 1 aromatic heterocycles. The second kappa shape index (κ2) is 8.23. The molecule has 0 N–H and O–H groups in total. The molecule has 1 heterocycles. The summed E-state index contributed by atoms with van der Waals surface area (Å²) < 4.78 is 7.68. The van der Waals surface area contributed by atoms with Crippen molar-refractivity contribution >= 4 is 44.3 Å². The SMILES string of the molecule is CCCCn1nc(C(=O)Oc2c(C)cc(Br)cc2Cl)c2ccccc2c1=O. The zero-order valence-corrected chi connectivity index (χ0v) is 17.3. The number of unbranched alkanes of at least 4 members (excludes halogenated alkanes) is 1. The molecule has 0 atom stereocenters. The van der Waals surface area contributed by atoms with E-state index < -0.39 is 5.97 Å². The van der Waals surface area contributed by atoms with Crippen molar-refractivity contribution in [2.75, 3.05) is 0 Å². The quantitative estimate of drug-likeness (QED) is 0.400. The van der Waals surface area contributed by atoms with Gasteiger partial charge in [0.2, 0.25) is 0 Å². The zero-order valence-electron chi connectivity index (χ0n) is 15.0. The Morgan fingerprint density at radius 1 is 1.26 bits per heavy atom. The molecule has 140 valence electrons. The predicted molar refractivity (Wildman–Crippen MR) is 110 cm³/mol. The van der Waals surface area contributed by atoms with Crippen LogP contribution in [0.1, 0.15) is 35.8 Å². The van der Waals surface area contributed by atoms with Gasteiger partial charge in [0.25, 0.3) is 5.56 Å². The minimum absolute atomic E-state index is 0.0969. The van der Waals surface area contributed by atoms with Crippen LogP contribution in [-0.2, 0) is 6.54 Å². The first-order valence-corrected chi connectivity index (χ1v) is 9.77. The summed E-state index contributed by atoms with van der Waals surface area (Å²) in [6.45, 7) is 4.27. The van der Waals surface area contributed by atoms with Crippen LogP contribution in [0.4, 0.5) is 0 Å². The van der Waals surface area contributed by atoms with E-state index in [-0.39, 0.29) is 17.0 Å². The van der Waals surface area contributed by atoms with Crippen molar-refractivity contribution in [3.05, 3.63) is 67.5 Å². The Labute approximate surface area is 170 Å². The van der Waals surface area contributed by atoms with Crippen molar-refractivity contribution in [1.82, 2.24) is 9.78 Å². The number of carbonyl (C=O) groups is 1. The molecule has 0 aliphatic heterocycles. The van der Waals surface area contributed by atoms with Gasteiger partial charge in [-0.3, -0.25) is 4.79 Å². The maximum atomic E-state index is 12.9. The number of esters is 1. The fourth-order valence-electron chi connectivity index (χ4n) is 2.80. The normalized spacial score (nSPS) is 11.0. The molecule has 27 heavy (non-hydrogen) atoms. The fourth-order valence-corrected chi connectivity index (χ4v) is 3.81. The first-order chi connectivity index (χ1) is 12.9. The van der Waals surface area contributed by atoms with Crippen molar-refractivity contribution in [1.29, 1.82) is 0 Å². The number of ether oxygens (including phenoxy) is 1. The van der Waals surface area contributed by atoms with Crippen molar-refractivity contribution in [3.8, 4) is 5.75 Å². The Kier molecular flexibility index (Phi) is 5.97. The number of halogens is 2. The number of aromatic nitrogens is 2. The number of fused-ring (bicyclic) bond motifs is 1. The van der Waals surface area contributed by atoms with E-state index in [9.17, 15) is 9.59 Å². The van der Waals surface area contributed by atoms with Crippen LogP contribution in [0.25, 0.3) is 10.8 Å². The minimum Gasteiger partial charge on any atom is -0.420 e. The van der Waals surface area contributed by atoms with Gasteiger partial charge in [0.15, 0.2) is 11.4 Å². The van der Waals surface area contributed by atoms with Gasteiger partial charge >= 0.3 is 5.97 Å². The number of benzene rings is 2. The zero-order chi connectivity index (χ0) is 19.6. The second-order valence-electron chi connectivity index (χ2n) is 6.20. The summed E-state index contributed by atoms with van der Waals surface area (Å²) in [7, 11) is 0. The van der Waals surface area contributed by atoms with Gasteiger partial charge in [-0.15, -0.1) is 0 Å². The Hall–Kier alpha value is -2.18. The second-order valence-corrected chi connectivity index (χ2v) is 7.52. The Morgan fingerprint density at radius 2 is 1.96 bits per heavy atom. The lowest BCUT2D eigenvalue weighted by molar-refractivity contribution is 0.0727. The fraction of sp³-hybridized carbons (Fsp3) is 0.250. The van der Waals surface area contributed by atoms with Crippen molar-refractivity contribution in [2.45, 2.75) is 33.2 Å². The average Bonchev–Trinajstić information content (AvgIpc) is 2.64. The lowest BCUT2D eigenvalue weighted by atomic mass is 10.1. The molecule has 0 unspecified atom stereocenters. The molecule has 5 nitrogen and oxygen atoms in total. The molecular weight excluding hydrogens is 432 g/mol. The highest BCUT2D eigenvalue weighted by molar-refractivity contribution is 9.10. The molecule has 0 radical (unpaired) electrons. The van der Waals surface area contributed by atoms with Gasteiger partial charge in [-0.05, 0) is 37.1 Å².